The predicted octanol–water partition coefficient (Wildman–Crippen LogP) is 1.58. The van der Waals surface area contributed by atoms with Crippen molar-refractivity contribution in [1.29, 1.82) is 0 Å². The first-order chi connectivity index (χ1) is 8.90. The second-order valence-corrected chi connectivity index (χ2v) is 5.73. The van der Waals surface area contributed by atoms with Gasteiger partial charge in [-0.15, -0.1) is 0 Å². The monoisotopic (exact) mass is 292 g/mol. The molecule has 1 aromatic carbocycles. The van der Waals surface area contributed by atoms with E-state index in [4.69, 9.17) is 0 Å². The lowest BCUT2D eigenvalue weighted by Crippen LogP contribution is -2.35. The number of sulfonamides is 1. The Morgan fingerprint density at radius 3 is 2.42 bits per heavy atom. The Labute approximate surface area is 112 Å². The van der Waals surface area contributed by atoms with E-state index >= 15 is 0 Å². The third-order valence-corrected chi connectivity index (χ3v) is 4.27. The van der Waals surface area contributed by atoms with Crippen LogP contribution in [0.25, 0.3) is 0 Å². The zero-order valence-corrected chi connectivity index (χ0v) is 11.8. The van der Waals surface area contributed by atoms with Crippen LogP contribution in [-0.2, 0) is 10.0 Å². The van der Waals surface area contributed by atoms with Gasteiger partial charge in [-0.3, -0.25) is 0 Å². The largest absolute Gasteiger partial charge is 0.303 e. The third-order valence-electron chi connectivity index (χ3n) is 2.80. The summed E-state index contributed by atoms with van der Waals surface area (Å²) >= 11 is 0. The molecule has 0 bridgehead atoms. The van der Waals surface area contributed by atoms with Crippen LogP contribution in [0.5, 0.6) is 0 Å². The van der Waals surface area contributed by atoms with Gasteiger partial charge in [0.1, 0.15) is 16.5 Å². The van der Waals surface area contributed by atoms with E-state index in [0.717, 1.165) is 25.2 Å². The van der Waals surface area contributed by atoms with Crippen LogP contribution in [0.2, 0.25) is 0 Å². The van der Waals surface area contributed by atoms with Crippen LogP contribution in [0.4, 0.5) is 8.78 Å². The van der Waals surface area contributed by atoms with Gasteiger partial charge in [-0.2, -0.15) is 0 Å². The number of nitrogens with one attached hydrogen (secondary N) is 1. The van der Waals surface area contributed by atoms with Gasteiger partial charge in [0.25, 0.3) is 0 Å². The second-order valence-electron chi connectivity index (χ2n) is 4.00. The molecule has 1 N–H and O–H groups in total. The fourth-order valence-corrected chi connectivity index (χ4v) is 2.75. The van der Waals surface area contributed by atoms with E-state index in [1.165, 1.54) is 0 Å². The molecule has 0 aliphatic carbocycles. The molecule has 0 amide bonds. The predicted molar refractivity (Wildman–Crippen MR) is 69.3 cm³/mol. The molecule has 0 unspecified atom stereocenters. The minimum Gasteiger partial charge on any atom is -0.303 e. The Morgan fingerprint density at radius 1 is 1.21 bits per heavy atom. The van der Waals surface area contributed by atoms with Crippen molar-refractivity contribution >= 4 is 10.0 Å². The van der Waals surface area contributed by atoms with Crippen LogP contribution in [0, 0.1) is 11.6 Å². The molecule has 1 rings (SSSR count). The van der Waals surface area contributed by atoms with E-state index in [0.29, 0.717) is 12.6 Å². The van der Waals surface area contributed by atoms with Crippen LogP contribution in [0.1, 0.15) is 13.8 Å². The summed E-state index contributed by atoms with van der Waals surface area (Å²) in [6.07, 6.45) is 0. The summed E-state index contributed by atoms with van der Waals surface area (Å²) < 4.78 is 52.3. The summed E-state index contributed by atoms with van der Waals surface area (Å²) in [7, 11) is -4.02. The number of hydrogen-bond acceptors (Lipinski definition) is 3. The molecular formula is C12H18F2N2O2S. The van der Waals surface area contributed by atoms with E-state index < -0.39 is 26.6 Å². The smallest absolute Gasteiger partial charge is 0.243 e. The van der Waals surface area contributed by atoms with Crippen LogP contribution in [0.15, 0.2) is 23.1 Å². The van der Waals surface area contributed by atoms with Crippen molar-refractivity contribution in [1.82, 2.24) is 9.62 Å². The summed E-state index contributed by atoms with van der Waals surface area (Å²) in [4.78, 5) is 1.36. The normalized spacial score (nSPS) is 12.1. The van der Waals surface area contributed by atoms with Crippen LogP contribution in [0.3, 0.4) is 0 Å². The summed E-state index contributed by atoms with van der Waals surface area (Å²) in [5.74, 6) is -1.75. The molecule has 0 aromatic heterocycles. The molecule has 1 aromatic rings. The molecule has 0 aliphatic rings. The molecule has 4 nitrogen and oxygen atoms in total. The summed E-state index contributed by atoms with van der Waals surface area (Å²) in [5.41, 5.74) is 0. The summed E-state index contributed by atoms with van der Waals surface area (Å²) in [6, 6.07) is 2.35. The Kier molecular flexibility index (Phi) is 5.84. The first-order valence-electron chi connectivity index (χ1n) is 6.07. The summed E-state index contributed by atoms with van der Waals surface area (Å²) in [6.45, 7) is 6.19. The van der Waals surface area contributed by atoms with E-state index in [2.05, 4.69) is 4.72 Å². The number of likely N-dealkylation sites (N-methyl/N-ethyl adjacent to an activating group) is 1. The Balaban J connectivity index is 2.73. The van der Waals surface area contributed by atoms with Crippen molar-refractivity contribution in [2.75, 3.05) is 26.2 Å². The SMILES string of the molecule is CCN(CC)CCNS(=O)(=O)c1cc(F)ccc1F. The van der Waals surface area contributed by atoms with E-state index in [9.17, 15) is 17.2 Å². The number of nitrogens with zero attached hydrogens (tertiary/aromatic N) is 1. The van der Waals surface area contributed by atoms with E-state index in [1.54, 1.807) is 0 Å². The Hall–Kier alpha value is -1.05. The zero-order valence-electron chi connectivity index (χ0n) is 11.0. The fourth-order valence-electron chi connectivity index (χ4n) is 1.64. The molecule has 0 atom stereocenters. The number of hydrogen-bond donors (Lipinski definition) is 1. The molecule has 108 valence electrons. The minimum absolute atomic E-state index is 0.153. The first-order valence-corrected chi connectivity index (χ1v) is 7.56. The van der Waals surface area contributed by atoms with Crippen molar-refractivity contribution in [2.24, 2.45) is 0 Å². The van der Waals surface area contributed by atoms with E-state index in [-0.39, 0.29) is 6.54 Å². The van der Waals surface area contributed by atoms with Gasteiger partial charge in [0.15, 0.2) is 0 Å². The lowest BCUT2D eigenvalue weighted by molar-refractivity contribution is 0.309. The quantitative estimate of drug-likeness (QED) is 0.830. The highest BCUT2D eigenvalue weighted by Gasteiger charge is 2.19. The number of benzene rings is 1. The van der Waals surface area contributed by atoms with Crippen molar-refractivity contribution in [3.8, 4) is 0 Å². The molecular weight excluding hydrogens is 274 g/mol. The van der Waals surface area contributed by atoms with Crippen LogP contribution >= 0.6 is 0 Å². The molecule has 0 saturated heterocycles. The third kappa shape index (κ3) is 4.52. The second kappa shape index (κ2) is 6.93. The molecule has 0 heterocycles. The van der Waals surface area contributed by atoms with Gasteiger partial charge in [-0.25, -0.2) is 21.9 Å². The van der Waals surface area contributed by atoms with Gasteiger partial charge >= 0.3 is 0 Å². The highest BCUT2D eigenvalue weighted by atomic mass is 32.2. The van der Waals surface area contributed by atoms with Crippen molar-refractivity contribution < 1.29 is 17.2 Å². The van der Waals surface area contributed by atoms with Crippen molar-refractivity contribution in [3.05, 3.63) is 29.8 Å². The lowest BCUT2D eigenvalue weighted by atomic mass is 10.3. The first kappa shape index (κ1) is 16.0. The van der Waals surface area contributed by atoms with Crippen LogP contribution < -0.4 is 4.72 Å². The molecule has 0 saturated carbocycles. The van der Waals surface area contributed by atoms with Gasteiger partial charge in [-0.1, -0.05) is 13.8 Å². The molecule has 0 aliphatic heterocycles. The van der Waals surface area contributed by atoms with Gasteiger partial charge < -0.3 is 4.90 Å². The fraction of sp³-hybridized carbons (Fsp3) is 0.500. The topological polar surface area (TPSA) is 49.4 Å². The molecule has 0 spiro atoms. The summed E-state index contributed by atoms with van der Waals surface area (Å²) in [5, 5.41) is 0. The number of halogens is 2. The van der Waals surface area contributed by atoms with E-state index in [1.807, 2.05) is 18.7 Å². The Bertz CT molecular complexity index is 516. The average molecular weight is 292 g/mol. The zero-order chi connectivity index (χ0) is 14.5. The van der Waals surface area contributed by atoms with Crippen molar-refractivity contribution in [2.45, 2.75) is 18.7 Å². The maximum Gasteiger partial charge on any atom is 0.243 e. The maximum absolute atomic E-state index is 13.4. The molecule has 0 radical (unpaired) electrons. The average Bonchev–Trinajstić information content (AvgIpc) is 2.37. The number of rotatable bonds is 7. The molecule has 19 heavy (non-hydrogen) atoms. The van der Waals surface area contributed by atoms with Crippen molar-refractivity contribution in [3.63, 3.8) is 0 Å². The van der Waals surface area contributed by atoms with Gasteiger partial charge in [0.05, 0.1) is 0 Å². The Morgan fingerprint density at radius 2 is 1.84 bits per heavy atom. The lowest BCUT2D eigenvalue weighted by Gasteiger charge is -2.18. The van der Waals surface area contributed by atoms with Gasteiger partial charge in [-0.05, 0) is 31.3 Å². The molecule has 0 fully saturated rings. The minimum atomic E-state index is -4.02. The standard InChI is InChI=1S/C12H18F2N2O2S/c1-3-16(4-2)8-7-15-19(17,18)12-9-10(13)5-6-11(12)14/h5-6,9,15H,3-4,7-8H2,1-2H3. The maximum atomic E-state index is 13.4. The molecule has 7 heteroatoms. The van der Waals surface area contributed by atoms with Crippen LogP contribution in [-0.4, -0.2) is 39.5 Å². The van der Waals surface area contributed by atoms with Gasteiger partial charge in [0.2, 0.25) is 10.0 Å². The highest BCUT2D eigenvalue weighted by molar-refractivity contribution is 7.89. The van der Waals surface area contributed by atoms with Gasteiger partial charge in [0, 0.05) is 13.1 Å². The highest BCUT2D eigenvalue weighted by Crippen LogP contribution is 2.15.